The third kappa shape index (κ3) is 2.38. The Kier molecular flexibility index (Phi) is 3.38. The molecular weight excluding hydrogens is 324 g/mol. The van der Waals surface area contributed by atoms with Crippen LogP contribution in [0.2, 0.25) is 0 Å². The Bertz CT molecular complexity index is 942. The van der Waals surface area contributed by atoms with Crippen LogP contribution < -0.4 is 11.3 Å². The van der Waals surface area contributed by atoms with Crippen molar-refractivity contribution in [2.45, 2.75) is 46.3 Å². The monoisotopic (exact) mass is 344 g/mol. The maximum atomic E-state index is 5.93. The van der Waals surface area contributed by atoms with Gasteiger partial charge >= 0.3 is 0 Å². The van der Waals surface area contributed by atoms with Crippen LogP contribution in [0.4, 0.5) is 5.82 Å². The van der Waals surface area contributed by atoms with Crippen LogP contribution in [0.25, 0.3) is 16.2 Å². The van der Waals surface area contributed by atoms with Gasteiger partial charge in [0.25, 0.3) is 5.95 Å². The predicted molar refractivity (Wildman–Crippen MR) is 94.4 cm³/mol. The molecule has 24 heavy (non-hydrogen) atoms. The molecule has 0 atom stereocenters. The van der Waals surface area contributed by atoms with E-state index in [0.29, 0.717) is 18.4 Å². The average Bonchev–Trinajstić information content (AvgIpc) is 3.04. The molecule has 3 aromatic rings. The Morgan fingerprint density at radius 3 is 2.79 bits per heavy atom. The van der Waals surface area contributed by atoms with Crippen molar-refractivity contribution >= 4 is 27.4 Å². The van der Waals surface area contributed by atoms with Crippen LogP contribution >= 0.6 is 11.3 Å². The van der Waals surface area contributed by atoms with E-state index in [4.69, 9.17) is 15.6 Å². The number of anilines is 1. The maximum Gasteiger partial charge on any atom is 0.254 e. The summed E-state index contributed by atoms with van der Waals surface area (Å²) < 4.78 is 7.67. The quantitative estimate of drug-likeness (QED) is 0.548. The van der Waals surface area contributed by atoms with Gasteiger partial charge in [0.2, 0.25) is 0 Å². The van der Waals surface area contributed by atoms with E-state index < -0.39 is 0 Å². The van der Waals surface area contributed by atoms with Gasteiger partial charge in [-0.3, -0.25) is 0 Å². The fraction of sp³-hybridized carbons (Fsp3) is 0.438. The number of nitrogens with two attached hydrogens (primary N) is 1. The molecule has 3 aromatic heterocycles. The van der Waals surface area contributed by atoms with Crippen LogP contribution in [0.3, 0.4) is 0 Å². The normalized spacial score (nSPS) is 16.4. The van der Waals surface area contributed by atoms with Crippen molar-refractivity contribution in [2.24, 2.45) is 5.84 Å². The summed E-state index contributed by atoms with van der Waals surface area (Å²) in [6.45, 7) is 8.73. The molecule has 1 aliphatic rings. The fourth-order valence-corrected chi connectivity index (χ4v) is 4.26. The number of rotatable bonds is 2. The van der Waals surface area contributed by atoms with Crippen LogP contribution in [-0.2, 0) is 17.8 Å². The highest BCUT2D eigenvalue weighted by molar-refractivity contribution is 7.19. The van der Waals surface area contributed by atoms with Gasteiger partial charge in [0.1, 0.15) is 4.83 Å². The van der Waals surface area contributed by atoms with Crippen LogP contribution in [0, 0.1) is 13.8 Å². The average molecular weight is 344 g/mol. The van der Waals surface area contributed by atoms with Crippen molar-refractivity contribution in [1.29, 1.82) is 0 Å². The molecule has 0 radical (unpaired) electrons. The molecule has 0 saturated carbocycles. The molecule has 3 N–H and O–H groups in total. The number of hydrogen-bond acceptors (Lipinski definition) is 7. The zero-order valence-electron chi connectivity index (χ0n) is 14.2. The highest BCUT2D eigenvalue weighted by atomic mass is 32.1. The Balaban J connectivity index is 1.94. The highest BCUT2D eigenvalue weighted by Gasteiger charge is 2.31. The van der Waals surface area contributed by atoms with Gasteiger partial charge in [-0.2, -0.15) is 15.1 Å². The first kappa shape index (κ1) is 15.5. The largest absolute Gasteiger partial charge is 0.370 e. The van der Waals surface area contributed by atoms with Crippen molar-refractivity contribution in [2.75, 3.05) is 5.43 Å². The van der Waals surface area contributed by atoms with E-state index in [1.807, 2.05) is 19.9 Å². The molecule has 4 rings (SSSR count). The third-order valence-electron chi connectivity index (χ3n) is 4.25. The standard InChI is InChI=1S/C16H20N6OS/c1-8-5-9(2)22(21-8)15-18-13(20-17)12-10-6-16(3,4)23-7-11(10)24-14(12)19-15/h5H,6-7,17H2,1-4H3,(H,18,19,20). The minimum atomic E-state index is -0.193. The molecule has 0 unspecified atom stereocenters. The van der Waals surface area contributed by atoms with E-state index in [9.17, 15) is 0 Å². The number of thiophene rings is 1. The summed E-state index contributed by atoms with van der Waals surface area (Å²) in [6, 6.07) is 2.00. The van der Waals surface area contributed by atoms with Gasteiger partial charge in [-0.15, -0.1) is 11.3 Å². The number of aryl methyl sites for hydroxylation is 2. The number of nitrogens with one attached hydrogen (secondary N) is 1. The summed E-state index contributed by atoms with van der Waals surface area (Å²) in [6.07, 6.45) is 0.819. The van der Waals surface area contributed by atoms with Crippen molar-refractivity contribution < 1.29 is 4.74 Å². The summed E-state index contributed by atoms with van der Waals surface area (Å²) in [5, 5.41) is 5.47. The minimum absolute atomic E-state index is 0.193. The van der Waals surface area contributed by atoms with Gasteiger partial charge in [-0.05, 0) is 39.3 Å². The number of nitrogens with zero attached hydrogens (tertiary/aromatic N) is 4. The lowest BCUT2D eigenvalue weighted by molar-refractivity contribution is -0.0379. The summed E-state index contributed by atoms with van der Waals surface area (Å²) in [5.41, 5.74) is 5.70. The SMILES string of the molecule is Cc1cc(C)n(-c2nc(NN)c3c4c(sc3n2)COC(C)(C)C4)n1. The Labute approximate surface area is 143 Å². The maximum absolute atomic E-state index is 5.93. The van der Waals surface area contributed by atoms with E-state index in [0.717, 1.165) is 28.0 Å². The molecule has 1 aliphatic heterocycles. The lowest BCUT2D eigenvalue weighted by Crippen LogP contribution is -2.31. The Morgan fingerprint density at radius 2 is 2.12 bits per heavy atom. The smallest absolute Gasteiger partial charge is 0.254 e. The number of ether oxygens (including phenoxy) is 1. The highest BCUT2D eigenvalue weighted by Crippen LogP contribution is 2.40. The third-order valence-corrected chi connectivity index (χ3v) is 5.35. The van der Waals surface area contributed by atoms with Crippen molar-refractivity contribution in [3.63, 3.8) is 0 Å². The zero-order chi connectivity index (χ0) is 17.1. The number of fused-ring (bicyclic) bond motifs is 3. The molecule has 0 fully saturated rings. The topological polar surface area (TPSA) is 90.9 Å². The van der Waals surface area contributed by atoms with Gasteiger partial charge in [-0.1, -0.05) is 0 Å². The van der Waals surface area contributed by atoms with Gasteiger partial charge < -0.3 is 10.2 Å². The summed E-state index contributed by atoms with van der Waals surface area (Å²) in [4.78, 5) is 11.5. The van der Waals surface area contributed by atoms with Crippen LogP contribution in [0.1, 0.15) is 35.7 Å². The molecular formula is C16H20N6OS. The molecule has 0 amide bonds. The van der Waals surface area contributed by atoms with Gasteiger partial charge in [0.05, 0.1) is 23.3 Å². The second-order valence-corrected chi connectivity index (χ2v) is 7.85. The second kappa shape index (κ2) is 5.23. The van der Waals surface area contributed by atoms with Crippen molar-refractivity contribution in [1.82, 2.24) is 19.7 Å². The van der Waals surface area contributed by atoms with E-state index in [1.165, 1.54) is 10.4 Å². The first-order valence-corrected chi connectivity index (χ1v) is 8.66. The van der Waals surface area contributed by atoms with Crippen molar-refractivity contribution in [3.8, 4) is 5.95 Å². The second-order valence-electron chi connectivity index (χ2n) is 6.76. The Morgan fingerprint density at radius 1 is 1.33 bits per heavy atom. The zero-order valence-corrected chi connectivity index (χ0v) is 15.0. The number of hydrogen-bond donors (Lipinski definition) is 2. The molecule has 7 nitrogen and oxygen atoms in total. The van der Waals surface area contributed by atoms with Gasteiger partial charge in [-0.25, -0.2) is 10.5 Å². The molecule has 8 heteroatoms. The lowest BCUT2D eigenvalue weighted by atomic mass is 9.94. The van der Waals surface area contributed by atoms with Crippen LogP contribution in [-0.4, -0.2) is 25.3 Å². The molecule has 0 aromatic carbocycles. The van der Waals surface area contributed by atoms with E-state index >= 15 is 0 Å². The molecule has 0 spiro atoms. The van der Waals surface area contributed by atoms with Gasteiger partial charge in [0, 0.05) is 17.0 Å². The molecule has 0 bridgehead atoms. The van der Waals surface area contributed by atoms with Crippen molar-refractivity contribution in [3.05, 3.63) is 27.9 Å². The fourth-order valence-electron chi connectivity index (χ4n) is 3.16. The molecule has 0 saturated heterocycles. The van der Waals surface area contributed by atoms with Crippen LogP contribution in [0.5, 0.6) is 0 Å². The van der Waals surface area contributed by atoms with Crippen LogP contribution in [0.15, 0.2) is 6.07 Å². The van der Waals surface area contributed by atoms with E-state index in [2.05, 4.69) is 29.4 Å². The summed E-state index contributed by atoms with van der Waals surface area (Å²) >= 11 is 1.64. The number of hydrazine groups is 1. The summed E-state index contributed by atoms with van der Waals surface area (Å²) in [7, 11) is 0. The van der Waals surface area contributed by atoms with E-state index in [-0.39, 0.29) is 5.60 Å². The minimum Gasteiger partial charge on any atom is -0.370 e. The lowest BCUT2D eigenvalue weighted by Gasteiger charge is -2.30. The van der Waals surface area contributed by atoms with E-state index in [1.54, 1.807) is 16.0 Å². The predicted octanol–water partition coefficient (Wildman–Crippen LogP) is 2.63. The Hall–Kier alpha value is -2.03. The number of aromatic nitrogens is 4. The molecule has 0 aliphatic carbocycles. The summed E-state index contributed by atoms with van der Waals surface area (Å²) in [5.74, 6) is 6.93. The van der Waals surface area contributed by atoms with Gasteiger partial charge in [0.15, 0.2) is 5.82 Å². The molecule has 126 valence electrons. The first-order chi connectivity index (χ1) is 11.4. The molecule has 4 heterocycles. The number of nitrogen functional groups attached to an aromatic ring is 1. The first-order valence-electron chi connectivity index (χ1n) is 7.84.